The smallest absolute Gasteiger partial charge is 0.315 e. The summed E-state index contributed by atoms with van der Waals surface area (Å²) in [5.41, 5.74) is 2.69. The number of benzene rings is 1. The number of urea groups is 1. The van der Waals surface area contributed by atoms with Crippen molar-refractivity contribution in [3.05, 3.63) is 35.4 Å². The minimum atomic E-state index is 0.0126. The van der Waals surface area contributed by atoms with Crippen LogP contribution in [0.2, 0.25) is 0 Å². The van der Waals surface area contributed by atoms with E-state index in [0.29, 0.717) is 6.04 Å². The lowest BCUT2D eigenvalue weighted by Crippen LogP contribution is -2.44. The average molecular weight is 272 g/mol. The number of amides is 2. The Morgan fingerprint density at radius 1 is 0.950 bits per heavy atom. The molecule has 1 atom stereocenters. The molecule has 0 unspecified atom stereocenters. The van der Waals surface area contributed by atoms with Crippen LogP contribution < -0.4 is 10.6 Å². The van der Waals surface area contributed by atoms with Crippen LogP contribution in [-0.4, -0.2) is 12.1 Å². The van der Waals surface area contributed by atoms with Crippen LogP contribution in [-0.2, 0) is 6.42 Å². The van der Waals surface area contributed by atoms with Gasteiger partial charge in [0, 0.05) is 6.04 Å². The minimum absolute atomic E-state index is 0.0126. The largest absolute Gasteiger partial charge is 0.335 e. The molecule has 0 aliphatic heterocycles. The topological polar surface area (TPSA) is 41.1 Å². The SMILES string of the molecule is O=C(NC1CCCCC1)N[C@@H]1CCCc2ccccc21. The summed E-state index contributed by atoms with van der Waals surface area (Å²) in [5.74, 6) is 0. The highest BCUT2D eigenvalue weighted by Gasteiger charge is 2.22. The van der Waals surface area contributed by atoms with E-state index in [1.807, 2.05) is 0 Å². The molecule has 1 aromatic rings. The van der Waals surface area contributed by atoms with Gasteiger partial charge < -0.3 is 10.6 Å². The van der Waals surface area contributed by atoms with Gasteiger partial charge in [-0.2, -0.15) is 0 Å². The van der Waals surface area contributed by atoms with Crippen LogP contribution in [0.4, 0.5) is 4.79 Å². The van der Waals surface area contributed by atoms with Crippen molar-refractivity contribution in [2.24, 2.45) is 0 Å². The lowest BCUT2D eigenvalue weighted by atomic mass is 9.88. The molecule has 108 valence electrons. The van der Waals surface area contributed by atoms with Crippen LogP contribution in [0.3, 0.4) is 0 Å². The first-order valence-electron chi connectivity index (χ1n) is 7.98. The van der Waals surface area contributed by atoms with Gasteiger partial charge in [-0.1, -0.05) is 43.5 Å². The van der Waals surface area contributed by atoms with Crippen LogP contribution >= 0.6 is 0 Å². The maximum absolute atomic E-state index is 12.2. The highest BCUT2D eigenvalue weighted by Crippen LogP contribution is 2.29. The second-order valence-corrected chi connectivity index (χ2v) is 6.10. The minimum Gasteiger partial charge on any atom is -0.335 e. The van der Waals surface area contributed by atoms with Gasteiger partial charge in [0.25, 0.3) is 0 Å². The van der Waals surface area contributed by atoms with Crippen LogP contribution in [0, 0.1) is 0 Å². The first-order valence-corrected chi connectivity index (χ1v) is 7.98. The molecule has 2 amide bonds. The number of hydrogen-bond acceptors (Lipinski definition) is 1. The molecule has 0 saturated heterocycles. The second-order valence-electron chi connectivity index (χ2n) is 6.10. The first-order chi connectivity index (χ1) is 9.83. The molecule has 3 heteroatoms. The van der Waals surface area contributed by atoms with Gasteiger partial charge in [0.2, 0.25) is 0 Å². The average Bonchev–Trinajstić information content (AvgIpc) is 2.48. The standard InChI is InChI=1S/C17H24N2O/c20-17(18-14-9-2-1-3-10-14)19-16-12-6-8-13-7-4-5-11-15(13)16/h4-5,7,11,14,16H,1-3,6,8-10,12H2,(H2,18,19,20)/t16-/m1/s1. The Morgan fingerprint density at radius 3 is 2.60 bits per heavy atom. The van der Waals surface area contributed by atoms with Crippen molar-refractivity contribution in [2.75, 3.05) is 0 Å². The van der Waals surface area contributed by atoms with Crippen molar-refractivity contribution < 1.29 is 4.79 Å². The molecule has 3 nitrogen and oxygen atoms in total. The van der Waals surface area contributed by atoms with E-state index in [-0.39, 0.29) is 12.1 Å². The van der Waals surface area contributed by atoms with Crippen molar-refractivity contribution in [1.82, 2.24) is 10.6 Å². The summed E-state index contributed by atoms with van der Waals surface area (Å²) in [4.78, 5) is 12.2. The Morgan fingerprint density at radius 2 is 1.75 bits per heavy atom. The number of rotatable bonds is 2. The Kier molecular flexibility index (Phi) is 4.24. The molecule has 20 heavy (non-hydrogen) atoms. The monoisotopic (exact) mass is 272 g/mol. The molecular formula is C17H24N2O. The van der Waals surface area contributed by atoms with Gasteiger partial charge in [-0.15, -0.1) is 0 Å². The van der Waals surface area contributed by atoms with E-state index in [0.717, 1.165) is 32.1 Å². The molecule has 0 radical (unpaired) electrons. The van der Waals surface area contributed by atoms with E-state index in [4.69, 9.17) is 0 Å². The summed E-state index contributed by atoms with van der Waals surface area (Å²) in [5, 5.41) is 6.32. The third-order valence-corrected chi connectivity index (χ3v) is 4.62. The summed E-state index contributed by atoms with van der Waals surface area (Å²) < 4.78 is 0. The summed E-state index contributed by atoms with van der Waals surface area (Å²) in [6.45, 7) is 0. The zero-order valence-corrected chi connectivity index (χ0v) is 12.0. The van der Waals surface area contributed by atoms with Crippen LogP contribution in [0.25, 0.3) is 0 Å². The quantitative estimate of drug-likeness (QED) is 0.847. The van der Waals surface area contributed by atoms with E-state index in [1.165, 1.54) is 30.4 Å². The predicted molar refractivity (Wildman–Crippen MR) is 80.7 cm³/mol. The summed E-state index contributed by atoms with van der Waals surface area (Å²) >= 11 is 0. The molecule has 0 aromatic heterocycles. The third-order valence-electron chi connectivity index (χ3n) is 4.62. The fourth-order valence-corrected chi connectivity index (χ4v) is 3.54. The first kappa shape index (κ1) is 13.5. The number of carbonyl (C=O) groups is 1. The number of hydrogen-bond donors (Lipinski definition) is 2. The zero-order valence-electron chi connectivity index (χ0n) is 12.0. The Bertz CT molecular complexity index is 466. The molecular weight excluding hydrogens is 248 g/mol. The predicted octanol–water partition coefficient (Wildman–Crippen LogP) is 3.70. The van der Waals surface area contributed by atoms with Gasteiger partial charge in [-0.05, 0) is 43.2 Å². The van der Waals surface area contributed by atoms with Crippen LogP contribution in [0.15, 0.2) is 24.3 Å². The maximum atomic E-state index is 12.2. The van der Waals surface area contributed by atoms with Crippen LogP contribution in [0.5, 0.6) is 0 Å². The van der Waals surface area contributed by atoms with Crippen molar-refractivity contribution in [3.8, 4) is 0 Å². The van der Waals surface area contributed by atoms with Gasteiger partial charge in [-0.3, -0.25) is 0 Å². The van der Waals surface area contributed by atoms with Gasteiger partial charge in [0.05, 0.1) is 6.04 Å². The Labute approximate surface area is 121 Å². The molecule has 3 rings (SSSR count). The van der Waals surface area contributed by atoms with E-state index in [2.05, 4.69) is 34.9 Å². The normalized spacial score (nSPS) is 22.9. The van der Waals surface area contributed by atoms with E-state index >= 15 is 0 Å². The van der Waals surface area contributed by atoms with Gasteiger partial charge >= 0.3 is 6.03 Å². The zero-order chi connectivity index (χ0) is 13.8. The highest BCUT2D eigenvalue weighted by molar-refractivity contribution is 5.75. The van der Waals surface area contributed by atoms with Crippen molar-refractivity contribution >= 4 is 6.03 Å². The molecule has 0 heterocycles. The fourth-order valence-electron chi connectivity index (χ4n) is 3.54. The van der Waals surface area contributed by atoms with Gasteiger partial charge in [0.15, 0.2) is 0 Å². The Hall–Kier alpha value is -1.51. The lowest BCUT2D eigenvalue weighted by molar-refractivity contribution is 0.227. The van der Waals surface area contributed by atoms with Crippen LogP contribution in [0.1, 0.15) is 62.1 Å². The number of aryl methyl sites for hydroxylation is 1. The van der Waals surface area contributed by atoms with Crippen molar-refractivity contribution in [3.63, 3.8) is 0 Å². The molecule has 1 aromatic carbocycles. The molecule has 2 aliphatic carbocycles. The van der Waals surface area contributed by atoms with E-state index in [9.17, 15) is 4.79 Å². The number of carbonyl (C=O) groups excluding carboxylic acids is 1. The lowest BCUT2D eigenvalue weighted by Gasteiger charge is -2.28. The summed E-state index contributed by atoms with van der Waals surface area (Å²) in [7, 11) is 0. The number of fused-ring (bicyclic) bond motifs is 1. The molecule has 1 fully saturated rings. The van der Waals surface area contributed by atoms with E-state index in [1.54, 1.807) is 0 Å². The van der Waals surface area contributed by atoms with Gasteiger partial charge in [0.1, 0.15) is 0 Å². The second kappa shape index (κ2) is 6.29. The third kappa shape index (κ3) is 3.14. The molecule has 1 saturated carbocycles. The molecule has 0 bridgehead atoms. The van der Waals surface area contributed by atoms with E-state index < -0.39 is 0 Å². The molecule has 2 N–H and O–H groups in total. The van der Waals surface area contributed by atoms with Crippen molar-refractivity contribution in [2.45, 2.75) is 63.5 Å². The molecule has 2 aliphatic rings. The fraction of sp³-hybridized carbons (Fsp3) is 0.588. The highest BCUT2D eigenvalue weighted by atomic mass is 16.2. The van der Waals surface area contributed by atoms with Gasteiger partial charge in [-0.25, -0.2) is 4.79 Å². The Balaban J connectivity index is 1.59. The molecule has 0 spiro atoms. The van der Waals surface area contributed by atoms with Crippen molar-refractivity contribution in [1.29, 1.82) is 0 Å². The maximum Gasteiger partial charge on any atom is 0.315 e. The summed E-state index contributed by atoms with van der Waals surface area (Å²) in [6, 6.07) is 9.06. The number of nitrogens with one attached hydrogen (secondary N) is 2. The summed E-state index contributed by atoms with van der Waals surface area (Å²) in [6.07, 6.45) is 9.42.